The van der Waals surface area contributed by atoms with Gasteiger partial charge in [-0.25, -0.2) is 9.59 Å². The highest BCUT2D eigenvalue weighted by molar-refractivity contribution is 6.04. The molecule has 2 heterocycles. The van der Waals surface area contributed by atoms with E-state index in [9.17, 15) is 14.4 Å². The lowest BCUT2D eigenvalue weighted by Gasteiger charge is -2.33. The molecule has 0 aliphatic carbocycles. The van der Waals surface area contributed by atoms with Crippen LogP contribution in [0.4, 0.5) is 4.79 Å². The number of nitrogens with zero attached hydrogens (tertiary/aromatic N) is 3. The van der Waals surface area contributed by atoms with Gasteiger partial charge >= 0.3 is 12.1 Å². The zero-order chi connectivity index (χ0) is 20.1. The van der Waals surface area contributed by atoms with Crippen molar-refractivity contribution in [1.82, 2.24) is 14.4 Å². The summed E-state index contributed by atoms with van der Waals surface area (Å²) in [7, 11) is 0. The fourth-order valence-corrected chi connectivity index (χ4v) is 3.32. The van der Waals surface area contributed by atoms with Crippen LogP contribution >= 0.6 is 0 Å². The van der Waals surface area contributed by atoms with Crippen molar-refractivity contribution in [2.75, 3.05) is 39.4 Å². The third kappa shape index (κ3) is 4.11. The lowest BCUT2D eigenvalue weighted by Crippen LogP contribution is -2.51. The van der Waals surface area contributed by atoms with Crippen LogP contribution in [-0.4, -0.2) is 71.7 Å². The molecule has 28 heavy (non-hydrogen) atoms. The van der Waals surface area contributed by atoms with E-state index in [2.05, 4.69) is 0 Å². The van der Waals surface area contributed by atoms with E-state index in [0.29, 0.717) is 38.3 Å². The molecule has 0 spiro atoms. The van der Waals surface area contributed by atoms with Crippen molar-refractivity contribution in [3.63, 3.8) is 0 Å². The van der Waals surface area contributed by atoms with Crippen molar-refractivity contribution >= 4 is 28.9 Å². The Labute approximate surface area is 163 Å². The number of hydrogen-bond acceptors (Lipinski definition) is 5. The fourth-order valence-electron chi connectivity index (χ4n) is 3.32. The highest BCUT2D eigenvalue weighted by Crippen LogP contribution is 2.22. The minimum Gasteiger partial charge on any atom is -0.452 e. The number of aromatic nitrogens is 1. The van der Waals surface area contributed by atoms with E-state index in [1.165, 1.54) is 0 Å². The van der Waals surface area contributed by atoms with Crippen molar-refractivity contribution in [2.45, 2.75) is 20.4 Å². The second-order valence-electron chi connectivity index (χ2n) is 6.49. The van der Waals surface area contributed by atoms with E-state index in [1.54, 1.807) is 22.9 Å². The monoisotopic (exact) mass is 387 g/mol. The number of carbonyl (C=O) groups is 3. The Morgan fingerprint density at radius 3 is 2.32 bits per heavy atom. The van der Waals surface area contributed by atoms with E-state index < -0.39 is 5.97 Å². The van der Waals surface area contributed by atoms with Crippen molar-refractivity contribution in [3.8, 4) is 0 Å². The number of ether oxygens (including phenoxy) is 2. The molecular weight excluding hydrogens is 362 g/mol. The Bertz CT molecular complexity index is 868. The normalized spacial score (nSPS) is 14.2. The van der Waals surface area contributed by atoms with Crippen molar-refractivity contribution < 1.29 is 23.9 Å². The van der Waals surface area contributed by atoms with Crippen LogP contribution in [0.15, 0.2) is 30.5 Å². The standard InChI is InChI=1S/C20H25N3O5/c1-3-21-13-16(15-7-5-6-8-17(15)21)19(25)28-14-18(24)22-9-11-23(12-10-22)20(26)27-4-2/h5-8,13H,3-4,9-12,14H2,1-2H3. The van der Waals surface area contributed by atoms with Gasteiger partial charge in [0.2, 0.25) is 0 Å². The average Bonchev–Trinajstić information content (AvgIpc) is 3.11. The summed E-state index contributed by atoms with van der Waals surface area (Å²) in [6.07, 6.45) is 1.39. The molecule has 2 amide bonds. The van der Waals surface area contributed by atoms with E-state index in [4.69, 9.17) is 9.47 Å². The molecule has 0 radical (unpaired) electrons. The summed E-state index contributed by atoms with van der Waals surface area (Å²) in [5, 5.41) is 0.810. The lowest BCUT2D eigenvalue weighted by atomic mass is 10.2. The smallest absolute Gasteiger partial charge is 0.409 e. The summed E-state index contributed by atoms with van der Waals surface area (Å²) < 4.78 is 12.2. The number of rotatable bonds is 5. The molecule has 1 fully saturated rings. The van der Waals surface area contributed by atoms with Gasteiger partial charge in [-0.05, 0) is 19.9 Å². The van der Waals surface area contributed by atoms with Crippen LogP contribution in [0.2, 0.25) is 0 Å². The summed E-state index contributed by atoms with van der Waals surface area (Å²) in [6, 6.07) is 7.61. The molecule has 1 aromatic carbocycles. The number of aryl methyl sites for hydroxylation is 1. The van der Waals surface area contributed by atoms with Crippen molar-refractivity contribution in [3.05, 3.63) is 36.0 Å². The van der Waals surface area contributed by atoms with Crippen molar-refractivity contribution in [2.24, 2.45) is 0 Å². The van der Waals surface area contributed by atoms with Crippen LogP contribution in [0, 0.1) is 0 Å². The van der Waals surface area contributed by atoms with Gasteiger partial charge in [0, 0.05) is 49.8 Å². The summed E-state index contributed by atoms with van der Waals surface area (Å²) in [6.45, 7) is 6.09. The molecular formula is C20H25N3O5. The molecule has 1 aliphatic rings. The fraction of sp³-hybridized carbons (Fsp3) is 0.450. The Morgan fingerprint density at radius 2 is 1.64 bits per heavy atom. The van der Waals surface area contributed by atoms with Gasteiger partial charge in [0.1, 0.15) is 0 Å². The number of fused-ring (bicyclic) bond motifs is 1. The molecule has 1 saturated heterocycles. The molecule has 150 valence electrons. The summed E-state index contributed by atoms with van der Waals surface area (Å²) in [5.41, 5.74) is 1.41. The third-order valence-electron chi connectivity index (χ3n) is 4.83. The van der Waals surface area contributed by atoms with E-state index >= 15 is 0 Å². The lowest BCUT2D eigenvalue weighted by molar-refractivity contribution is -0.136. The number of esters is 1. The largest absolute Gasteiger partial charge is 0.452 e. The first-order valence-electron chi connectivity index (χ1n) is 9.49. The number of carbonyl (C=O) groups excluding carboxylic acids is 3. The van der Waals surface area contributed by atoms with Gasteiger partial charge in [0.25, 0.3) is 5.91 Å². The highest BCUT2D eigenvalue weighted by Gasteiger charge is 2.26. The van der Waals surface area contributed by atoms with Gasteiger partial charge in [-0.2, -0.15) is 0 Å². The Kier molecular flexibility index (Phi) is 6.18. The van der Waals surface area contributed by atoms with Crippen molar-refractivity contribution in [1.29, 1.82) is 0 Å². The summed E-state index contributed by atoms with van der Waals surface area (Å²) in [4.78, 5) is 39.8. The van der Waals surface area contributed by atoms with Gasteiger partial charge in [-0.1, -0.05) is 18.2 Å². The molecule has 8 nitrogen and oxygen atoms in total. The molecule has 3 rings (SSSR count). The Morgan fingerprint density at radius 1 is 0.964 bits per heavy atom. The molecule has 0 N–H and O–H groups in total. The third-order valence-corrected chi connectivity index (χ3v) is 4.83. The second-order valence-corrected chi connectivity index (χ2v) is 6.49. The predicted molar refractivity (Wildman–Crippen MR) is 103 cm³/mol. The van der Waals surface area contributed by atoms with Crippen LogP contribution in [0.25, 0.3) is 10.9 Å². The molecule has 0 bridgehead atoms. The first kappa shape index (κ1) is 19.7. The molecule has 0 saturated carbocycles. The SMILES string of the molecule is CCOC(=O)N1CCN(C(=O)COC(=O)c2cn(CC)c3ccccc23)CC1. The summed E-state index contributed by atoms with van der Waals surface area (Å²) >= 11 is 0. The Hall–Kier alpha value is -3.03. The van der Waals surface area contributed by atoms with Crippen LogP contribution in [0.1, 0.15) is 24.2 Å². The van der Waals surface area contributed by atoms with Gasteiger partial charge < -0.3 is 23.8 Å². The second kappa shape index (κ2) is 8.77. The number of para-hydroxylation sites is 1. The van der Waals surface area contributed by atoms with E-state index in [1.807, 2.05) is 35.8 Å². The number of amides is 2. The maximum atomic E-state index is 12.5. The van der Waals surface area contributed by atoms with E-state index in [-0.39, 0.29) is 18.6 Å². The highest BCUT2D eigenvalue weighted by atomic mass is 16.6. The predicted octanol–water partition coefficient (Wildman–Crippen LogP) is 2.12. The first-order chi connectivity index (χ1) is 13.5. The molecule has 0 unspecified atom stereocenters. The zero-order valence-corrected chi connectivity index (χ0v) is 16.2. The molecule has 8 heteroatoms. The van der Waals surface area contributed by atoms with Gasteiger partial charge in [0.05, 0.1) is 12.2 Å². The molecule has 2 aromatic rings. The van der Waals surface area contributed by atoms with Crippen LogP contribution in [0.5, 0.6) is 0 Å². The van der Waals surface area contributed by atoms with Crippen LogP contribution in [0.3, 0.4) is 0 Å². The summed E-state index contributed by atoms with van der Waals surface area (Å²) in [5.74, 6) is -0.780. The number of hydrogen-bond donors (Lipinski definition) is 0. The maximum Gasteiger partial charge on any atom is 0.409 e. The minimum absolute atomic E-state index is 0.268. The average molecular weight is 387 g/mol. The van der Waals surface area contributed by atoms with Crippen LogP contribution < -0.4 is 0 Å². The zero-order valence-electron chi connectivity index (χ0n) is 16.2. The Balaban J connectivity index is 1.56. The van der Waals surface area contributed by atoms with Gasteiger partial charge in [-0.3, -0.25) is 4.79 Å². The number of benzene rings is 1. The van der Waals surface area contributed by atoms with Crippen LogP contribution in [-0.2, 0) is 20.8 Å². The molecule has 1 aliphatic heterocycles. The molecule has 0 atom stereocenters. The minimum atomic E-state index is -0.512. The van der Waals surface area contributed by atoms with Gasteiger partial charge in [0.15, 0.2) is 6.61 Å². The first-order valence-corrected chi connectivity index (χ1v) is 9.49. The maximum absolute atomic E-state index is 12.5. The quantitative estimate of drug-likeness (QED) is 0.734. The number of piperazine rings is 1. The molecule has 1 aromatic heterocycles. The van der Waals surface area contributed by atoms with E-state index in [0.717, 1.165) is 17.4 Å². The van der Waals surface area contributed by atoms with Gasteiger partial charge in [-0.15, -0.1) is 0 Å². The topological polar surface area (TPSA) is 81.1 Å².